The van der Waals surface area contributed by atoms with Crippen LogP contribution in [0.5, 0.6) is 0 Å². The first-order valence-electron chi connectivity index (χ1n) is 6.57. The predicted molar refractivity (Wildman–Crippen MR) is 87.0 cm³/mol. The molecule has 0 saturated carbocycles. The van der Waals surface area contributed by atoms with E-state index in [1.165, 1.54) is 0 Å². The molecule has 0 spiro atoms. The Kier molecular flexibility index (Phi) is 5.21. The molecular weight excluding hydrogens is 402 g/mol. The molecule has 0 saturated heterocycles. The van der Waals surface area contributed by atoms with Crippen molar-refractivity contribution >= 4 is 37.8 Å². The molecule has 1 unspecified atom stereocenters. The van der Waals surface area contributed by atoms with Gasteiger partial charge < -0.3 is 5.32 Å². The molecule has 6 nitrogen and oxygen atoms in total. The zero-order valence-corrected chi connectivity index (χ0v) is 15.3. The number of aryl methyl sites for hydroxylation is 1. The van der Waals surface area contributed by atoms with Gasteiger partial charge in [-0.1, -0.05) is 0 Å². The maximum absolute atomic E-state index is 12.2. The van der Waals surface area contributed by atoms with Crippen LogP contribution in [0, 0.1) is 13.8 Å². The maximum Gasteiger partial charge on any atom is 0.244 e. The highest BCUT2D eigenvalue weighted by Gasteiger charge is 2.19. The molecule has 1 atom stereocenters. The highest BCUT2D eigenvalue weighted by molar-refractivity contribution is 9.10. The lowest BCUT2D eigenvalue weighted by Crippen LogP contribution is -2.34. The van der Waals surface area contributed by atoms with Gasteiger partial charge in [-0.05, 0) is 52.6 Å². The Morgan fingerprint density at radius 3 is 2.67 bits per heavy atom. The second-order valence-electron chi connectivity index (χ2n) is 4.82. The number of rotatable bonds is 5. The van der Waals surface area contributed by atoms with Gasteiger partial charge in [-0.15, -0.1) is 0 Å². The summed E-state index contributed by atoms with van der Waals surface area (Å²) in [6, 6.07) is -0.348. The quantitative estimate of drug-likeness (QED) is 0.811. The first-order chi connectivity index (χ1) is 9.90. The van der Waals surface area contributed by atoms with Crippen LogP contribution >= 0.6 is 31.9 Å². The van der Waals surface area contributed by atoms with Crippen molar-refractivity contribution < 1.29 is 4.79 Å². The Morgan fingerprint density at radius 1 is 1.43 bits per heavy atom. The second-order valence-corrected chi connectivity index (χ2v) is 6.53. The molecule has 0 aliphatic carbocycles. The summed E-state index contributed by atoms with van der Waals surface area (Å²) in [7, 11) is 0. The largest absolute Gasteiger partial charge is 0.352 e. The summed E-state index contributed by atoms with van der Waals surface area (Å²) in [5.74, 6) is -0.0562. The van der Waals surface area contributed by atoms with Gasteiger partial charge in [-0.25, -0.2) is 0 Å². The molecule has 0 radical (unpaired) electrons. The van der Waals surface area contributed by atoms with Gasteiger partial charge in [0.2, 0.25) is 5.91 Å². The zero-order chi connectivity index (χ0) is 15.6. The molecule has 0 fully saturated rings. The van der Waals surface area contributed by atoms with Gasteiger partial charge in [0, 0.05) is 12.7 Å². The van der Waals surface area contributed by atoms with Crippen LogP contribution in [0.2, 0.25) is 0 Å². The van der Waals surface area contributed by atoms with Gasteiger partial charge in [0.1, 0.15) is 6.04 Å². The third-order valence-electron chi connectivity index (χ3n) is 3.22. The van der Waals surface area contributed by atoms with Crippen LogP contribution in [0.1, 0.15) is 24.4 Å². The summed E-state index contributed by atoms with van der Waals surface area (Å²) in [5, 5.41) is 11.4. The van der Waals surface area contributed by atoms with Crippen molar-refractivity contribution in [1.82, 2.24) is 24.9 Å². The van der Waals surface area contributed by atoms with Crippen LogP contribution in [-0.4, -0.2) is 32.0 Å². The van der Waals surface area contributed by atoms with E-state index in [-0.39, 0.29) is 11.9 Å². The Morgan fingerprint density at radius 2 is 2.14 bits per heavy atom. The third-order valence-corrected chi connectivity index (χ3v) is 4.78. The number of amides is 1. The molecule has 0 bridgehead atoms. The average molecular weight is 419 g/mol. The van der Waals surface area contributed by atoms with Crippen LogP contribution in [-0.2, 0) is 11.3 Å². The van der Waals surface area contributed by atoms with E-state index < -0.39 is 0 Å². The third kappa shape index (κ3) is 3.74. The van der Waals surface area contributed by atoms with E-state index in [2.05, 4.69) is 47.4 Å². The van der Waals surface area contributed by atoms with E-state index >= 15 is 0 Å². The van der Waals surface area contributed by atoms with Crippen molar-refractivity contribution in [2.24, 2.45) is 0 Å². The minimum absolute atomic E-state index is 0.0562. The number of aromatic nitrogens is 4. The number of nitrogens with one attached hydrogen (secondary N) is 1. The van der Waals surface area contributed by atoms with Gasteiger partial charge >= 0.3 is 0 Å². The summed E-state index contributed by atoms with van der Waals surface area (Å²) in [4.78, 5) is 12.2. The molecule has 0 aromatic carbocycles. The molecule has 0 aliphatic heterocycles. The standard InChI is InChI=1S/C13H17Br2N5O/c1-8-12(15)9(2)20(18-8)10(3)13(21)16-4-5-19-7-11(14)6-17-19/h6-7,10H,4-5H2,1-3H3,(H,16,21). The highest BCUT2D eigenvalue weighted by atomic mass is 79.9. The van der Waals surface area contributed by atoms with Gasteiger partial charge in [0.25, 0.3) is 0 Å². The molecule has 114 valence electrons. The SMILES string of the molecule is Cc1nn(C(C)C(=O)NCCn2cc(Br)cn2)c(C)c1Br. The van der Waals surface area contributed by atoms with E-state index in [9.17, 15) is 4.79 Å². The fourth-order valence-corrected chi connectivity index (χ4v) is 2.62. The van der Waals surface area contributed by atoms with E-state index in [0.29, 0.717) is 13.1 Å². The van der Waals surface area contributed by atoms with Gasteiger partial charge in [0.15, 0.2) is 0 Å². The maximum atomic E-state index is 12.2. The van der Waals surface area contributed by atoms with E-state index in [4.69, 9.17) is 0 Å². The van der Waals surface area contributed by atoms with Crippen molar-refractivity contribution in [3.05, 3.63) is 32.7 Å². The van der Waals surface area contributed by atoms with Crippen molar-refractivity contribution in [3.63, 3.8) is 0 Å². The second kappa shape index (κ2) is 6.74. The molecule has 1 amide bonds. The van der Waals surface area contributed by atoms with Crippen LogP contribution in [0.15, 0.2) is 21.3 Å². The molecule has 8 heteroatoms. The molecule has 2 aromatic rings. The van der Waals surface area contributed by atoms with Crippen LogP contribution in [0.4, 0.5) is 0 Å². The fourth-order valence-electron chi connectivity index (χ4n) is 2.03. The van der Waals surface area contributed by atoms with Gasteiger partial charge in [-0.3, -0.25) is 14.2 Å². The van der Waals surface area contributed by atoms with Crippen LogP contribution in [0.3, 0.4) is 0 Å². The van der Waals surface area contributed by atoms with Crippen LogP contribution in [0.25, 0.3) is 0 Å². The number of nitrogens with zero attached hydrogens (tertiary/aromatic N) is 4. The summed E-state index contributed by atoms with van der Waals surface area (Å²) in [6.07, 6.45) is 3.59. The Balaban J connectivity index is 1.92. The summed E-state index contributed by atoms with van der Waals surface area (Å²) in [6.45, 7) is 6.84. The van der Waals surface area contributed by atoms with Gasteiger partial charge in [0.05, 0.1) is 33.1 Å². The Labute approximate surface area is 140 Å². The molecule has 2 heterocycles. The number of carbonyl (C=O) groups excluding carboxylic acids is 1. The van der Waals surface area contributed by atoms with Crippen molar-refractivity contribution in [1.29, 1.82) is 0 Å². The lowest BCUT2D eigenvalue weighted by Gasteiger charge is -2.14. The Bertz CT molecular complexity index is 649. The lowest BCUT2D eigenvalue weighted by molar-refractivity contribution is -0.124. The summed E-state index contributed by atoms with van der Waals surface area (Å²) >= 11 is 6.81. The summed E-state index contributed by atoms with van der Waals surface area (Å²) in [5.41, 5.74) is 1.83. The van der Waals surface area contributed by atoms with Crippen molar-refractivity contribution in [3.8, 4) is 0 Å². The number of hydrogen-bond acceptors (Lipinski definition) is 3. The average Bonchev–Trinajstić information content (AvgIpc) is 2.97. The first kappa shape index (κ1) is 16.2. The Hall–Kier alpha value is -1.15. The minimum Gasteiger partial charge on any atom is -0.352 e. The van der Waals surface area contributed by atoms with Crippen LogP contribution < -0.4 is 5.32 Å². The zero-order valence-electron chi connectivity index (χ0n) is 12.1. The van der Waals surface area contributed by atoms with E-state index in [1.54, 1.807) is 15.6 Å². The molecule has 0 aliphatic rings. The highest BCUT2D eigenvalue weighted by Crippen LogP contribution is 2.22. The minimum atomic E-state index is -0.348. The van der Waals surface area contributed by atoms with E-state index in [0.717, 1.165) is 20.3 Å². The summed E-state index contributed by atoms with van der Waals surface area (Å²) < 4.78 is 5.38. The van der Waals surface area contributed by atoms with E-state index in [1.807, 2.05) is 27.0 Å². The van der Waals surface area contributed by atoms with Crippen molar-refractivity contribution in [2.45, 2.75) is 33.4 Å². The fraction of sp³-hybridized carbons (Fsp3) is 0.462. The monoisotopic (exact) mass is 417 g/mol. The topological polar surface area (TPSA) is 64.7 Å². The predicted octanol–water partition coefficient (Wildman–Crippen LogP) is 2.60. The smallest absolute Gasteiger partial charge is 0.244 e. The molecule has 2 rings (SSSR count). The van der Waals surface area contributed by atoms with Gasteiger partial charge in [-0.2, -0.15) is 10.2 Å². The number of halogens is 2. The number of hydrogen-bond donors (Lipinski definition) is 1. The lowest BCUT2D eigenvalue weighted by atomic mass is 10.3. The molecular formula is C13H17Br2N5O. The molecule has 21 heavy (non-hydrogen) atoms. The number of carbonyl (C=O) groups is 1. The first-order valence-corrected chi connectivity index (χ1v) is 8.15. The van der Waals surface area contributed by atoms with Crippen molar-refractivity contribution in [2.75, 3.05) is 6.54 Å². The molecule has 1 N–H and O–H groups in total. The normalized spacial score (nSPS) is 12.4. The molecule has 2 aromatic heterocycles.